The fourth-order valence-electron chi connectivity index (χ4n) is 2.25. The van der Waals surface area contributed by atoms with E-state index in [0.717, 1.165) is 0 Å². The normalized spacial score (nSPS) is 11.1. The maximum absolute atomic E-state index is 12.4. The minimum atomic E-state index is -0.617. The molecule has 146 valence electrons. The van der Waals surface area contributed by atoms with E-state index in [0.29, 0.717) is 22.4 Å². The predicted molar refractivity (Wildman–Crippen MR) is 105 cm³/mol. The first kappa shape index (κ1) is 20.9. The van der Waals surface area contributed by atoms with Crippen LogP contribution in [0.15, 0.2) is 54.6 Å². The number of benzene rings is 2. The Kier molecular flexibility index (Phi) is 6.68. The molecule has 0 aromatic heterocycles. The number of carbonyl (C=O) groups excluding carboxylic acids is 3. The van der Waals surface area contributed by atoms with Crippen molar-refractivity contribution in [3.05, 3.63) is 71.3 Å². The molecule has 28 heavy (non-hydrogen) atoms. The van der Waals surface area contributed by atoms with Crippen molar-refractivity contribution < 1.29 is 24.3 Å². The van der Waals surface area contributed by atoms with Gasteiger partial charge in [-0.05, 0) is 56.7 Å². The van der Waals surface area contributed by atoms with Crippen molar-refractivity contribution in [2.75, 3.05) is 5.32 Å². The van der Waals surface area contributed by atoms with Gasteiger partial charge < -0.3 is 4.74 Å². The van der Waals surface area contributed by atoms with Gasteiger partial charge >= 0.3 is 6.09 Å². The van der Waals surface area contributed by atoms with Gasteiger partial charge in [-0.15, -0.1) is 0 Å². The molecule has 2 aromatic rings. The highest BCUT2D eigenvalue weighted by Gasteiger charge is 2.16. The van der Waals surface area contributed by atoms with Crippen LogP contribution in [0.2, 0.25) is 0 Å². The summed E-state index contributed by atoms with van der Waals surface area (Å²) in [5.41, 5.74) is 2.80. The summed E-state index contributed by atoms with van der Waals surface area (Å²) in [4.78, 5) is 35.5. The molecule has 3 N–H and O–H groups in total. The van der Waals surface area contributed by atoms with Crippen molar-refractivity contribution in [3.8, 4) is 0 Å². The molecule has 0 aliphatic rings. The van der Waals surface area contributed by atoms with Crippen LogP contribution in [0.5, 0.6) is 0 Å². The van der Waals surface area contributed by atoms with E-state index in [1.165, 1.54) is 18.2 Å². The monoisotopic (exact) mass is 382 g/mol. The summed E-state index contributed by atoms with van der Waals surface area (Å²) in [6.07, 6.45) is 2.41. The molecule has 0 aliphatic carbocycles. The van der Waals surface area contributed by atoms with Crippen molar-refractivity contribution in [1.82, 2.24) is 5.48 Å². The average Bonchev–Trinajstić information content (AvgIpc) is 2.64. The average molecular weight is 382 g/mol. The molecule has 0 unspecified atom stereocenters. The van der Waals surface area contributed by atoms with Crippen LogP contribution in [-0.2, 0) is 4.74 Å². The lowest BCUT2D eigenvalue weighted by molar-refractivity contribution is 0.0635. The van der Waals surface area contributed by atoms with Crippen molar-refractivity contribution in [1.29, 1.82) is 0 Å². The standard InChI is InChI=1S/C21H22N2O5/c1-21(2,3)28-20(26)22-17-6-4-5-16(13-17)18(24)12-9-14-7-10-15(11-8-14)19(25)23-27/h4-13,27H,1-3H3,(H,22,26)(H,23,25)/b12-9+. The topological polar surface area (TPSA) is 105 Å². The summed E-state index contributed by atoms with van der Waals surface area (Å²) in [5.74, 6) is -0.856. The quantitative estimate of drug-likeness (QED) is 0.313. The fraction of sp³-hybridized carbons (Fsp3) is 0.190. The Morgan fingerprint density at radius 1 is 1.00 bits per heavy atom. The first-order chi connectivity index (χ1) is 13.2. The summed E-state index contributed by atoms with van der Waals surface area (Å²) in [6, 6.07) is 12.9. The van der Waals surface area contributed by atoms with Crippen LogP contribution in [0.1, 0.15) is 47.1 Å². The number of ether oxygens (including phenoxy) is 1. The number of rotatable bonds is 5. The summed E-state index contributed by atoms with van der Waals surface area (Å²) in [7, 11) is 0. The highest BCUT2D eigenvalue weighted by Crippen LogP contribution is 2.15. The molecule has 2 rings (SSSR count). The number of hydrogen-bond donors (Lipinski definition) is 3. The van der Waals surface area contributed by atoms with Gasteiger partial charge in [-0.2, -0.15) is 0 Å². The maximum atomic E-state index is 12.4. The van der Waals surface area contributed by atoms with E-state index in [4.69, 9.17) is 9.94 Å². The number of nitrogens with one attached hydrogen (secondary N) is 2. The molecule has 2 amide bonds. The van der Waals surface area contributed by atoms with Crippen molar-refractivity contribution in [3.63, 3.8) is 0 Å². The highest BCUT2D eigenvalue weighted by molar-refractivity contribution is 6.07. The number of carbonyl (C=O) groups is 3. The van der Waals surface area contributed by atoms with Gasteiger partial charge in [0.15, 0.2) is 5.78 Å². The number of anilines is 1. The lowest BCUT2D eigenvalue weighted by Gasteiger charge is -2.19. The SMILES string of the molecule is CC(C)(C)OC(=O)Nc1cccc(C(=O)/C=C/c2ccc(C(=O)NO)cc2)c1. The second-order valence-electron chi connectivity index (χ2n) is 6.97. The number of hydrogen-bond acceptors (Lipinski definition) is 5. The van der Waals surface area contributed by atoms with Crippen LogP contribution in [0.3, 0.4) is 0 Å². The molecule has 7 nitrogen and oxygen atoms in total. The Morgan fingerprint density at radius 3 is 2.29 bits per heavy atom. The van der Waals surface area contributed by atoms with E-state index in [-0.39, 0.29) is 5.78 Å². The number of allylic oxidation sites excluding steroid dienone is 1. The molecular formula is C21H22N2O5. The minimum Gasteiger partial charge on any atom is -0.444 e. The third-order valence-electron chi connectivity index (χ3n) is 3.49. The summed E-state index contributed by atoms with van der Waals surface area (Å²) < 4.78 is 5.19. The second-order valence-corrected chi connectivity index (χ2v) is 6.97. The van der Waals surface area contributed by atoms with Crippen LogP contribution in [0.4, 0.5) is 10.5 Å². The number of hydroxylamine groups is 1. The van der Waals surface area contributed by atoms with Gasteiger partial charge in [-0.3, -0.25) is 20.1 Å². The molecule has 7 heteroatoms. The van der Waals surface area contributed by atoms with E-state index in [1.807, 2.05) is 0 Å². The van der Waals surface area contributed by atoms with Crippen LogP contribution < -0.4 is 10.8 Å². The zero-order chi connectivity index (χ0) is 20.7. The Hall–Kier alpha value is -3.45. The Bertz CT molecular complexity index is 896. The Balaban J connectivity index is 2.05. The zero-order valence-electron chi connectivity index (χ0n) is 15.9. The maximum Gasteiger partial charge on any atom is 0.412 e. The Labute approximate surface area is 163 Å². The van der Waals surface area contributed by atoms with Gasteiger partial charge in [0, 0.05) is 16.8 Å². The second kappa shape index (κ2) is 8.96. The summed E-state index contributed by atoms with van der Waals surface area (Å²) in [5, 5.41) is 11.2. The van der Waals surface area contributed by atoms with E-state index in [9.17, 15) is 14.4 Å². The highest BCUT2D eigenvalue weighted by atomic mass is 16.6. The largest absolute Gasteiger partial charge is 0.444 e. The third kappa shape index (κ3) is 6.37. The van der Waals surface area contributed by atoms with Gasteiger partial charge in [0.05, 0.1) is 0 Å². The molecule has 0 fully saturated rings. The molecule has 0 radical (unpaired) electrons. The van der Waals surface area contributed by atoms with E-state index >= 15 is 0 Å². The van der Waals surface area contributed by atoms with Crippen molar-refractivity contribution >= 4 is 29.5 Å². The smallest absolute Gasteiger partial charge is 0.412 e. The molecule has 0 saturated carbocycles. The summed E-state index contributed by atoms with van der Waals surface area (Å²) >= 11 is 0. The van der Waals surface area contributed by atoms with Crippen LogP contribution in [-0.4, -0.2) is 28.6 Å². The van der Waals surface area contributed by atoms with Gasteiger partial charge in [0.1, 0.15) is 5.60 Å². The molecular weight excluding hydrogens is 360 g/mol. The number of amides is 2. The first-order valence-electron chi connectivity index (χ1n) is 8.55. The lowest BCUT2D eigenvalue weighted by Crippen LogP contribution is -2.27. The van der Waals surface area contributed by atoms with Gasteiger partial charge in [-0.25, -0.2) is 10.3 Å². The third-order valence-corrected chi connectivity index (χ3v) is 3.49. The first-order valence-corrected chi connectivity index (χ1v) is 8.55. The summed E-state index contributed by atoms with van der Waals surface area (Å²) in [6.45, 7) is 5.29. The molecule has 0 aliphatic heterocycles. The van der Waals surface area contributed by atoms with E-state index in [2.05, 4.69) is 5.32 Å². The van der Waals surface area contributed by atoms with Crippen molar-refractivity contribution in [2.45, 2.75) is 26.4 Å². The zero-order valence-corrected chi connectivity index (χ0v) is 15.9. The molecule has 0 atom stereocenters. The van der Waals surface area contributed by atoms with Gasteiger partial charge in [0.2, 0.25) is 0 Å². The van der Waals surface area contributed by atoms with Crippen LogP contribution in [0.25, 0.3) is 6.08 Å². The Morgan fingerprint density at radius 2 is 1.68 bits per heavy atom. The van der Waals surface area contributed by atoms with Crippen molar-refractivity contribution in [2.24, 2.45) is 0 Å². The minimum absolute atomic E-state index is 0.245. The molecule has 0 spiro atoms. The van der Waals surface area contributed by atoms with E-state index < -0.39 is 17.6 Å². The van der Waals surface area contributed by atoms with Gasteiger partial charge in [-0.1, -0.05) is 30.3 Å². The molecule has 2 aromatic carbocycles. The number of ketones is 1. The predicted octanol–water partition coefficient (Wildman–Crippen LogP) is 4.05. The molecule has 0 heterocycles. The van der Waals surface area contributed by atoms with E-state index in [1.54, 1.807) is 68.7 Å². The fourth-order valence-corrected chi connectivity index (χ4v) is 2.25. The van der Waals surface area contributed by atoms with Gasteiger partial charge in [0.25, 0.3) is 5.91 Å². The van der Waals surface area contributed by atoms with Crippen LogP contribution in [0, 0.1) is 0 Å². The van der Waals surface area contributed by atoms with Crippen LogP contribution >= 0.6 is 0 Å². The lowest BCUT2D eigenvalue weighted by atomic mass is 10.1. The molecule has 0 bridgehead atoms. The molecule has 0 saturated heterocycles.